The third-order valence-electron chi connectivity index (χ3n) is 2.37. The summed E-state index contributed by atoms with van der Waals surface area (Å²) >= 11 is 0. The highest BCUT2D eigenvalue weighted by molar-refractivity contribution is 5.85. The molecule has 0 aliphatic rings. The van der Waals surface area contributed by atoms with Crippen molar-refractivity contribution in [1.29, 1.82) is 0 Å². The molecule has 0 radical (unpaired) electrons. The molecule has 0 amide bonds. The minimum Gasteiger partial charge on any atom is -0.544 e. The summed E-state index contributed by atoms with van der Waals surface area (Å²) in [6, 6.07) is 10.6. The largest absolute Gasteiger partial charge is 0.544 e. The molecular formula is C12H7F2O2-. The van der Waals surface area contributed by atoms with Gasteiger partial charge in [0.2, 0.25) is 0 Å². The molecule has 0 saturated carbocycles. The van der Waals surface area contributed by atoms with Crippen LogP contribution >= 0.6 is 0 Å². The molecule has 0 saturated heterocycles. The van der Waals surface area contributed by atoms with Gasteiger partial charge in [-0.2, -0.15) is 8.78 Å². The van der Waals surface area contributed by atoms with Crippen LogP contribution in [-0.4, -0.2) is 5.97 Å². The Morgan fingerprint density at radius 1 is 1.06 bits per heavy atom. The molecular weight excluding hydrogens is 214 g/mol. The van der Waals surface area contributed by atoms with E-state index in [-0.39, 0.29) is 0 Å². The Kier molecular flexibility index (Phi) is 2.34. The number of benzene rings is 2. The smallest absolute Gasteiger partial charge is 0.312 e. The van der Waals surface area contributed by atoms with E-state index in [1.807, 2.05) is 0 Å². The second-order valence-corrected chi connectivity index (χ2v) is 3.42. The van der Waals surface area contributed by atoms with E-state index >= 15 is 0 Å². The van der Waals surface area contributed by atoms with E-state index < -0.39 is 17.5 Å². The Bertz CT molecular complexity index is 549. The van der Waals surface area contributed by atoms with E-state index in [9.17, 15) is 18.7 Å². The van der Waals surface area contributed by atoms with Crippen molar-refractivity contribution in [2.24, 2.45) is 0 Å². The predicted molar refractivity (Wildman–Crippen MR) is 52.8 cm³/mol. The van der Waals surface area contributed by atoms with Crippen LogP contribution in [0.3, 0.4) is 0 Å². The molecule has 0 aliphatic carbocycles. The van der Waals surface area contributed by atoms with Gasteiger partial charge in [0.15, 0.2) is 0 Å². The topological polar surface area (TPSA) is 40.1 Å². The number of carbonyl (C=O) groups is 1. The quantitative estimate of drug-likeness (QED) is 0.774. The average Bonchev–Trinajstić information content (AvgIpc) is 2.28. The molecule has 0 aromatic heterocycles. The summed E-state index contributed by atoms with van der Waals surface area (Å²) in [6.45, 7) is 0. The molecule has 0 unspecified atom stereocenters. The molecule has 0 bridgehead atoms. The fourth-order valence-corrected chi connectivity index (χ4v) is 1.50. The van der Waals surface area contributed by atoms with Gasteiger partial charge < -0.3 is 9.90 Å². The van der Waals surface area contributed by atoms with Crippen molar-refractivity contribution in [2.45, 2.75) is 5.92 Å². The lowest BCUT2D eigenvalue weighted by atomic mass is 10.0. The number of hydrogen-bond acceptors (Lipinski definition) is 2. The molecule has 0 spiro atoms. The first-order valence-corrected chi connectivity index (χ1v) is 4.60. The van der Waals surface area contributed by atoms with Crippen molar-refractivity contribution >= 4 is 16.7 Å². The fourth-order valence-electron chi connectivity index (χ4n) is 1.50. The summed E-state index contributed by atoms with van der Waals surface area (Å²) < 4.78 is 26.3. The van der Waals surface area contributed by atoms with Crippen molar-refractivity contribution in [3.63, 3.8) is 0 Å². The minimum absolute atomic E-state index is 0.564. The number of rotatable bonds is 2. The maximum Gasteiger partial charge on any atom is 0.312 e. The second kappa shape index (κ2) is 3.56. The lowest BCUT2D eigenvalue weighted by molar-refractivity contribution is -0.331. The summed E-state index contributed by atoms with van der Waals surface area (Å²) in [7, 11) is 0. The maximum atomic E-state index is 13.1. The van der Waals surface area contributed by atoms with Crippen molar-refractivity contribution in [2.75, 3.05) is 0 Å². The molecule has 0 heterocycles. The molecule has 2 nitrogen and oxygen atoms in total. The van der Waals surface area contributed by atoms with E-state index in [4.69, 9.17) is 0 Å². The van der Waals surface area contributed by atoms with E-state index in [2.05, 4.69) is 0 Å². The number of carbonyl (C=O) groups excluding carboxylic acids is 1. The van der Waals surface area contributed by atoms with Gasteiger partial charge in [-0.3, -0.25) is 0 Å². The first kappa shape index (κ1) is 10.5. The molecule has 2 aromatic carbocycles. The van der Waals surface area contributed by atoms with Crippen molar-refractivity contribution in [1.82, 2.24) is 0 Å². The van der Waals surface area contributed by atoms with Gasteiger partial charge in [0.1, 0.15) is 5.97 Å². The van der Waals surface area contributed by atoms with Gasteiger partial charge in [0.25, 0.3) is 0 Å². The van der Waals surface area contributed by atoms with Crippen LogP contribution < -0.4 is 5.11 Å². The van der Waals surface area contributed by atoms with Crippen LogP contribution in [0.25, 0.3) is 10.8 Å². The van der Waals surface area contributed by atoms with Crippen LogP contribution in [-0.2, 0) is 10.7 Å². The van der Waals surface area contributed by atoms with Crippen LogP contribution in [0.15, 0.2) is 42.5 Å². The summed E-state index contributed by atoms with van der Waals surface area (Å²) in [6.07, 6.45) is 0. The normalized spacial score (nSPS) is 11.6. The van der Waals surface area contributed by atoms with Gasteiger partial charge in [-0.15, -0.1) is 0 Å². The van der Waals surface area contributed by atoms with Crippen LogP contribution in [0.1, 0.15) is 5.56 Å². The van der Waals surface area contributed by atoms with Crippen LogP contribution in [0.2, 0.25) is 0 Å². The first-order valence-electron chi connectivity index (χ1n) is 4.60. The number of carboxylic acid groups (broad SMARTS) is 1. The van der Waals surface area contributed by atoms with E-state index in [0.717, 1.165) is 17.5 Å². The SMILES string of the molecule is O=C([O-])C(F)(F)c1ccc2ccccc2c1. The monoisotopic (exact) mass is 221 g/mol. The molecule has 0 aliphatic heterocycles. The highest BCUT2D eigenvalue weighted by Crippen LogP contribution is 2.29. The third kappa shape index (κ3) is 1.62. The van der Waals surface area contributed by atoms with Gasteiger partial charge in [-0.1, -0.05) is 36.4 Å². The molecule has 2 aromatic rings. The number of hydrogen-bond donors (Lipinski definition) is 0. The van der Waals surface area contributed by atoms with Gasteiger partial charge in [-0.05, 0) is 16.8 Å². The van der Waals surface area contributed by atoms with Crippen LogP contribution in [0.4, 0.5) is 8.78 Å². The van der Waals surface area contributed by atoms with Crippen LogP contribution in [0.5, 0.6) is 0 Å². The van der Waals surface area contributed by atoms with Gasteiger partial charge in [0.05, 0.1) is 0 Å². The molecule has 16 heavy (non-hydrogen) atoms. The maximum absolute atomic E-state index is 13.1. The second-order valence-electron chi connectivity index (χ2n) is 3.42. The Hall–Kier alpha value is -1.97. The van der Waals surface area contributed by atoms with Crippen molar-refractivity contribution < 1.29 is 18.7 Å². The Balaban J connectivity index is 2.59. The predicted octanol–water partition coefficient (Wildman–Crippen LogP) is 1.68. The molecule has 82 valence electrons. The molecule has 0 atom stereocenters. The van der Waals surface area contributed by atoms with E-state index in [1.54, 1.807) is 24.3 Å². The highest BCUT2D eigenvalue weighted by Gasteiger charge is 2.33. The average molecular weight is 221 g/mol. The number of fused-ring (bicyclic) bond motifs is 1. The molecule has 4 heteroatoms. The Morgan fingerprint density at radius 2 is 1.69 bits per heavy atom. The number of aliphatic carboxylic acids is 1. The first-order chi connectivity index (χ1) is 7.51. The minimum atomic E-state index is -3.95. The van der Waals surface area contributed by atoms with E-state index in [0.29, 0.717) is 5.39 Å². The molecule has 0 fully saturated rings. The van der Waals surface area contributed by atoms with Gasteiger partial charge >= 0.3 is 5.92 Å². The lowest BCUT2D eigenvalue weighted by Gasteiger charge is -2.17. The summed E-state index contributed by atoms with van der Waals surface area (Å²) in [5, 5.41) is 11.6. The fraction of sp³-hybridized carbons (Fsp3) is 0.0833. The third-order valence-corrected chi connectivity index (χ3v) is 2.37. The zero-order valence-corrected chi connectivity index (χ0v) is 8.11. The van der Waals surface area contributed by atoms with E-state index in [1.165, 1.54) is 6.07 Å². The van der Waals surface area contributed by atoms with Gasteiger partial charge in [-0.25, -0.2) is 0 Å². The Labute approximate surface area is 90.1 Å². The summed E-state index contributed by atoms with van der Waals surface area (Å²) in [4.78, 5) is 10.3. The number of alkyl halides is 2. The standard InChI is InChI=1S/C12H8F2O2/c13-12(14,11(15)16)10-6-5-8-3-1-2-4-9(8)7-10/h1-7H,(H,15,16)/p-1. The summed E-state index contributed by atoms with van der Waals surface area (Å²) in [5.74, 6) is -6.34. The molecule has 2 rings (SSSR count). The van der Waals surface area contributed by atoms with Crippen LogP contribution in [0, 0.1) is 0 Å². The number of carboxylic acids is 1. The van der Waals surface area contributed by atoms with Crippen molar-refractivity contribution in [3.05, 3.63) is 48.0 Å². The highest BCUT2D eigenvalue weighted by atomic mass is 19.3. The van der Waals surface area contributed by atoms with Gasteiger partial charge in [0, 0.05) is 5.56 Å². The lowest BCUT2D eigenvalue weighted by Crippen LogP contribution is -2.39. The Morgan fingerprint density at radius 3 is 2.31 bits per heavy atom. The molecule has 0 N–H and O–H groups in total. The number of halogens is 2. The van der Waals surface area contributed by atoms with Crippen molar-refractivity contribution in [3.8, 4) is 0 Å². The zero-order valence-electron chi connectivity index (χ0n) is 8.11. The zero-order chi connectivity index (χ0) is 11.8. The summed E-state index contributed by atoms with van der Waals surface area (Å²) in [5.41, 5.74) is -0.564.